The van der Waals surface area contributed by atoms with Crippen molar-refractivity contribution in [3.63, 3.8) is 0 Å². The second-order valence-corrected chi connectivity index (χ2v) is 3.54. The molecule has 0 aromatic heterocycles. The second kappa shape index (κ2) is 6.25. The summed E-state index contributed by atoms with van der Waals surface area (Å²) in [6, 6.07) is 4.02. The predicted molar refractivity (Wildman–Crippen MR) is 60.9 cm³/mol. The lowest BCUT2D eigenvalue weighted by atomic mass is 10.1. The largest absolute Gasteiger partial charge is 0.489 e. The highest BCUT2D eigenvalue weighted by Gasteiger charge is 2.06. The fourth-order valence-corrected chi connectivity index (χ4v) is 1.34. The molecule has 1 aromatic carbocycles. The van der Waals surface area contributed by atoms with Gasteiger partial charge in [-0.15, -0.1) is 0 Å². The number of benzene rings is 1. The van der Waals surface area contributed by atoms with E-state index in [0.717, 1.165) is 0 Å². The third-order valence-corrected chi connectivity index (χ3v) is 2.03. The fourth-order valence-electron chi connectivity index (χ4n) is 1.34. The minimum atomic E-state index is -0.381. The standard InChI is InChI=1S/C12H16FNO2/c1-2-3-16-12-6-9(4-10(13)7-12)5-11(14)8-15/h2,4,6-7,11,15H,1,3,5,8,14H2/t11-/m0/s1. The molecule has 0 radical (unpaired) electrons. The first-order chi connectivity index (χ1) is 7.65. The van der Waals surface area contributed by atoms with Crippen LogP contribution in [-0.4, -0.2) is 24.4 Å². The molecule has 3 N–H and O–H groups in total. The van der Waals surface area contributed by atoms with Crippen LogP contribution >= 0.6 is 0 Å². The Hall–Kier alpha value is -1.39. The van der Waals surface area contributed by atoms with Crippen LogP contribution < -0.4 is 10.5 Å². The van der Waals surface area contributed by atoms with Gasteiger partial charge in [0, 0.05) is 12.1 Å². The zero-order valence-corrected chi connectivity index (χ0v) is 9.03. The number of aliphatic hydroxyl groups is 1. The van der Waals surface area contributed by atoms with Crippen molar-refractivity contribution in [2.45, 2.75) is 12.5 Å². The lowest BCUT2D eigenvalue weighted by Gasteiger charge is -2.10. The molecule has 0 bridgehead atoms. The molecule has 0 amide bonds. The maximum atomic E-state index is 13.2. The fraction of sp³-hybridized carbons (Fsp3) is 0.333. The summed E-state index contributed by atoms with van der Waals surface area (Å²) in [6.45, 7) is 3.71. The first-order valence-electron chi connectivity index (χ1n) is 5.05. The maximum absolute atomic E-state index is 13.2. The van der Waals surface area contributed by atoms with Gasteiger partial charge in [-0.05, 0) is 24.1 Å². The van der Waals surface area contributed by atoms with Gasteiger partial charge in [-0.25, -0.2) is 4.39 Å². The van der Waals surface area contributed by atoms with E-state index in [4.69, 9.17) is 15.6 Å². The Morgan fingerprint density at radius 3 is 2.88 bits per heavy atom. The zero-order chi connectivity index (χ0) is 12.0. The van der Waals surface area contributed by atoms with Gasteiger partial charge in [0.05, 0.1) is 6.61 Å². The number of hydrogen-bond acceptors (Lipinski definition) is 3. The van der Waals surface area contributed by atoms with Gasteiger partial charge >= 0.3 is 0 Å². The van der Waals surface area contributed by atoms with Gasteiger partial charge < -0.3 is 15.6 Å². The van der Waals surface area contributed by atoms with Crippen LogP contribution in [0.1, 0.15) is 5.56 Å². The van der Waals surface area contributed by atoms with Gasteiger partial charge in [0.15, 0.2) is 0 Å². The van der Waals surface area contributed by atoms with Crippen molar-refractivity contribution in [3.05, 3.63) is 42.2 Å². The van der Waals surface area contributed by atoms with Crippen molar-refractivity contribution in [2.75, 3.05) is 13.2 Å². The van der Waals surface area contributed by atoms with Crippen LogP contribution in [0.15, 0.2) is 30.9 Å². The van der Waals surface area contributed by atoms with E-state index in [9.17, 15) is 4.39 Å². The lowest BCUT2D eigenvalue weighted by Crippen LogP contribution is -2.26. The van der Waals surface area contributed by atoms with E-state index in [2.05, 4.69) is 6.58 Å². The summed E-state index contributed by atoms with van der Waals surface area (Å²) in [5.41, 5.74) is 6.28. The third-order valence-electron chi connectivity index (χ3n) is 2.03. The summed E-state index contributed by atoms with van der Waals surface area (Å²) < 4.78 is 18.4. The predicted octanol–water partition coefficient (Wildman–Crippen LogP) is 1.25. The first-order valence-corrected chi connectivity index (χ1v) is 5.05. The van der Waals surface area contributed by atoms with E-state index in [0.29, 0.717) is 24.3 Å². The van der Waals surface area contributed by atoms with Gasteiger partial charge in [0.25, 0.3) is 0 Å². The molecule has 88 valence electrons. The normalized spacial score (nSPS) is 12.2. The lowest BCUT2D eigenvalue weighted by molar-refractivity contribution is 0.265. The van der Waals surface area contributed by atoms with E-state index < -0.39 is 0 Å². The van der Waals surface area contributed by atoms with Crippen molar-refractivity contribution in [3.8, 4) is 5.75 Å². The average molecular weight is 225 g/mol. The molecule has 1 atom stereocenters. The quantitative estimate of drug-likeness (QED) is 0.716. The topological polar surface area (TPSA) is 55.5 Å². The van der Waals surface area contributed by atoms with Crippen molar-refractivity contribution >= 4 is 0 Å². The average Bonchev–Trinajstić information content (AvgIpc) is 2.25. The van der Waals surface area contributed by atoms with Gasteiger partial charge in [-0.3, -0.25) is 0 Å². The molecule has 0 aliphatic rings. The van der Waals surface area contributed by atoms with E-state index >= 15 is 0 Å². The molecule has 3 nitrogen and oxygen atoms in total. The summed E-state index contributed by atoms with van der Waals surface area (Å²) in [6.07, 6.45) is 2.00. The highest BCUT2D eigenvalue weighted by atomic mass is 19.1. The van der Waals surface area contributed by atoms with Crippen LogP contribution in [0, 0.1) is 5.82 Å². The van der Waals surface area contributed by atoms with Crippen LogP contribution in [0.2, 0.25) is 0 Å². The summed E-state index contributed by atoms with van der Waals surface area (Å²) in [5, 5.41) is 8.81. The van der Waals surface area contributed by atoms with Crippen molar-refractivity contribution in [1.82, 2.24) is 0 Å². The Balaban J connectivity index is 2.76. The van der Waals surface area contributed by atoms with Crippen LogP contribution in [0.4, 0.5) is 4.39 Å². The number of halogens is 1. The smallest absolute Gasteiger partial charge is 0.127 e. The Morgan fingerprint density at radius 2 is 2.25 bits per heavy atom. The van der Waals surface area contributed by atoms with Crippen LogP contribution in [-0.2, 0) is 6.42 Å². The Labute approximate surface area is 94.3 Å². The number of nitrogens with two attached hydrogens (primary N) is 1. The molecular weight excluding hydrogens is 209 g/mol. The number of ether oxygens (including phenoxy) is 1. The van der Waals surface area contributed by atoms with Gasteiger partial charge in [0.2, 0.25) is 0 Å². The van der Waals surface area contributed by atoms with Crippen LogP contribution in [0.3, 0.4) is 0 Å². The van der Waals surface area contributed by atoms with Gasteiger partial charge in [0.1, 0.15) is 18.2 Å². The zero-order valence-electron chi connectivity index (χ0n) is 9.03. The van der Waals surface area contributed by atoms with Gasteiger partial charge in [-0.2, -0.15) is 0 Å². The van der Waals surface area contributed by atoms with E-state index in [-0.39, 0.29) is 18.5 Å². The summed E-state index contributed by atoms with van der Waals surface area (Å²) in [7, 11) is 0. The molecule has 0 unspecified atom stereocenters. The van der Waals surface area contributed by atoms with Gasteiger partial charge in [-0.1, -0.05) is 12.7 Å². The Bertz CT molecular complexity index is 355. The minimum absolute atomic E-state index is 0.126. The summed E-state index contributed by atoms with van der Waals surface area (Å²) in [4.78, 5) is 0. The molecule has 0 heterocycles. The molecule has 0 saturated carbocycles. The SMILES string of the molecule is C=CCOc1cc(F)cc(C[C@H](N)CO)c1. The summed E-state index contributed by atoms with van der Waals surface area (Å²) in [5.74, 6) is 0.0711. The minimum Gasteiger partial charge on any atom is -0.489 e. The molecule has 0 spiro atoms. The molecular formula is C12H16FNO2. The van der Waals surface area contributed by atoms with Crippen LogP contribution in [0.25, 0.3) is 0 Å². The highest BCUT2D eigenvalue weighted by molar-refractivity contribution is 5.30. The second-order valence-electron chi connectivity index (χ2n) is 3.54. The maximum Gasteiger partial charge on any atom is 0.127 e. The molecule has 0 fully saturated rings. The molecule has 1 aromatic rings. The molecule has 16 heavy (non-hydrogen) atoms. The number of rotatable bonds is 6. The van der Waals surface area contributed by atoms with E-state index in [1.807, 2.05) is 0 Å². The monoisotopic (exact) mass is 225 g/mol. The molecule has 1 rings (SSSR count). The van der Waals surface area contributed by atoms with Crippen molar-refractivity contribution in [1.29, 1.82) is 0 Å². The van der Waals surface area contributed by atoms with E-state index in [1.165, 1.54) is 12.1 Å². The van der Waals surface area contributed by atoms with Crippen molar-refractivity contribution in [2.24, 2.45) is 5.73 Å². The van der Waals surface area contributed by atoms with Crippen molar-refractivity contribution < 1.29 is 14.2 Å². The highest BCUT2D eigenvalue weighted by Crippen LogP contribution is 2.17. The first kappa shape index (κ1) is 12.7. The van der Waals surface area contributed by atoms with Crippen LogP contribution in [0.5, 0.6) is 5.75 Å². The summed E-state index contributed by atoms with van der Waals surface area (Å²) >= 11 is 0. The molecule has 0 aliphatic heterocycles. The third kappa shape index (κ3) is 4.00. The molecule has 0 saturated heterocycles. The number of aliphatic hydroxyl groups excluding tert-OH is 1. The number of hydrogen-bond donors (Lipinski definition) is 2. The van der Waals surface area contributed by atoms with E-state index in [1.54, 1.807) is 12.1 Å². The molecule has 0 aliphatic carbocycles. The molecule has 4 heteroatoms. The Kier molecular flexibility index (Phi) is 4.95. The Morgan fingerprint density at radius 1 is 1.50 bits per heavy atom.